The molecule has 0 fully saturated rings. The highest BCUT2D eigenvalue weighted by molar-refractivity contribution is 5.83. The number of alkyl carbamates (subject to hydrolysis) is 1. The van der Waals surface area contributed by atoms with Crippen LogP contribution in [0.5, 0.6) is 0 Å². The number of ether oxygens (including phenoxy) is 16. The topological polar surface area (TPSA) is 366 Å². The molecule has 0 bridgehead atoms. The molecule has 66 heteroatoms. The number of esters is 7. The molecule has 0 aromatic carbocycles. The molecule has 0 aliphatic rings. The van der Waals surface area contributed by atoms with Crippen LogP contribution in [0.1, 0.15) is 27.2 Å². The van der Waals surface area contributed by atoms with E-state index in [1.807, 2.05) is 0 Å². The lowest BCUT2D eigenvalue weighted by Gasteiger charge is -2.34. The van der Waals surface area contributed by atoms with Gasteiger partial charge in [0.05, 0.1) is 32.8 Å². The molecule has 4 atom stereocenters. The Bertz CT molecular complexity index is 3470. The summed E-state index contributed by atoms with van der Waals surface area (Å²) in [6.07, 6.45) is -70.5. The van der Waals surface area contributed by atoms with Crippen molar-refractivity contribution in [3.05, 3.63) is 75.9 Å². The molecule has 0 aromatic heterocycles. The normalized spacial score (nSPS) is 14.4. The van der Waals surface area contributed by atoms with E-state index in [2.05, 4.69) is 119 Å². The standard InChI is InChI=1S/C37H39F18NO16.C14H12F18O6.C11H13NO5.BH/c1-7-20(57)63-14-28(5,15-64-21(58)8-2)13-24(61)67-18-30(40,41)34(48,49)36(52,53)71-25(38)32(44,45)69-11-12-70-33(46,47)26(39)72-37(54,55)35(50,51)31(42,43)19-68-27(62)56-29(6,16-65-22(59)9-3)17-66-23(60)10-4;15-5(37-13(29,30)11(25,26)7(17,18)3-33)9(21,22)35-1-2-36-10(23,24)6(16)38-14(31,32)12(27,28)8(19,20)4-34;1-4-9(14)16-6-11(3,12-8-13)7-17-10(15)5-2;/h7-10,25-26H,1-4,11-19H2,5-6H3,(H,56,62);5-6,33-34H,1-4H2;4-5H,1-2,6-7H2,3H3;1H/i;;;1T. The van der Waals surface area contributed by atoms with Gasteiger partial charge in [-0.2, -0.15) is 145 Å². The van der Waals surface area contributed by atoms with Gasteiger partial charge in [0.15, 0.2) is 13.2 Å². The van der Waals surface area contributed by atoms with Crippen LogP contribution in [-0.2, 0) is 114 Å². The zero-order valence-electron chi connectivity index (χ0n) is 64.9. The van der Waals surface area contributed by atoms with Crippen molar-refractivity contribution in [3.63, 3.8) is 0 Å². The van der Waals surface area contributed by atoms with Crippen LogP contribution in [0, 0.1) is 5.41 Å². The van der Waals surface area contributed by atoms with Crippen molar-refractivity contribution in [2.45, 2.75) is 160 Å². The Morgan fingerprint density at radius 3 is 0.805 bits per heavy atom. The molecular weight excluding hydrogens is 1900 g/mol. The number of nitrogens with one attached hydrogen (secondary N) is 1. The van der Waals surface area contributed by atoms with Crippen LogP contribution >= 0.6 is 0 Å². The second kappa shape index (κ2) is 49.0. The molecule has 0 aliphatic carbocycles. The van der Waals surface area contributed by atoms with Crippen LogP contribution in [-0.4, -0.2) is 299 Å². The summed E-state index contributed by atoms with van der Waals surface area (Å²) >= 11 is 0. The van der Waals surface area contributed by atoms with Crippen molar-refractivity contribution >= 4 is 62.3 Å². The molecule has 0 aliphatic heterocycles. The largest absolute Gasteiger partial charge is 0.462 e. The highest BCUT2D eigenvalue weighted by atomic mass is 19.4. The number of amides is 1. The first kappa shape index (κ1) is 123. The summed E-state index contributed by atoms with van der Waals surface area (Å²) in [6, 6.07) is 0. The summed E-state index contributed by atoms with van der Waals surface area (Å²) in [5.74, 6) is -60.9. The molecule has 0 spiro atoms. The summed E-state index contributed by atoms with van der Waals surface area (Å²) in [4.78, 5) is 105. The minimum atomic E-state index is -7.14. The lowest BCUT2D eigenvalue weighted by Crippen LogP contribution is -2.60. The smallest absolute Gasteiger partial charge is 0.428 e. The van der Waals surface area contributed by atoms with Gasteiger partial charge in [-0.05, 0) is 15.2 Å². The number of carbonyl (C=O) groups is 8. The van der Waals surface area contributed by atoms with Gasteiger partial charge in [0.25, 0.3) is 25.4 Å². The summed E-state index contributed by atoms with van der Waals surface area (Å²) in [6.45, 7) is -4.01. The van der Waals surface area contributed by atoms with Crippen LogP contribution in [0.3, 0.4) is 0 Å². The van der Waals surface area contributed by atoms with E-state index < -0.39 is 272 Å². The first-order valence-corrected chi connectivity index (χ1v) is 32.1. The fourth-order valence-electron chi connectivity index (χ4n) is 6.54. The maximum Gasteiger partial charge on any atom is 0.428 e. The highest BCUT2D eigenvalue weighted by Gasteiger charge is 2.79. The fraction of sp³-hybridized carbons (Fsp3) is 0.661. The van der Waals surface area contributed by atoms with Crippen LogP contribution < -0.4 is 5.32 Å². The second-order valence-electron chi connectivity index (χ2n) is 24.4. The van der Waals surface area contributed by atoms with Crippen molar-refractivity contribution in [3.8, 4) is 0 Å². The molecule has 29 nitrogen and oxygen atoms in total. The van der Waals surface area contributed by atoms with E-state index in [4.69, 9.17) is 21.0 Å². The Labute approximate surface area is 694 Å². The van der Waals surface area contributed by atoms with Crippen LogP contribution in [0.4, 0.5) is 163 Å². The number of isocyanates is 1. The van der Waals surface area contributed by atoms with Gasteiger partial charge in [0, 0.05) is 50.2 Å². The van der Waals surface area contributed by atoms with Gasteiger partial charge in [-0.3, -0.25) is 23.7 Å². The molecule has 2 radical (unpaired) electrons. The Morgan fingerprint density at radius 1 is 0.359 bits per heavy atom. The zero-order chi connectivity index (χ0) is 103. The molecular formula is C62H65BF36N2O27. The molecule has 0 rings (SSSR count). The van der Waals surface area contributed by atoms with Gasteiger partial charge in [0.1, 0.15) is 63.9 Å². The number of halogens is 36. The summed E-state index contributed by atoms with van der Waals surface area (Å²) < 4.78 is 551. The first-order valence-electron chi connectivity index (χ1n) is 32.7. The molecule has 3 N–H and O–H groups in total. The third-order valence-corrected chi connectivity index (χ3v) is 13.4. The average molecular weight is 1970 g/mol. The SMILES string of the molecule is C=CC(=O)OCC(C)(COC(=O)C=C)CC(=O)OCC(F)(F)C(F)(F)C(F)(F)OC(F)C(F)(F)OCCOC(F)(F)C(F)OC(F)(F)C(F)(F)C(F)(F)COC(=O)NC(C)(COC(=O)C=C)COC(=O)C=C.C=CC(=O)OCC(C)(COC(=O)C=C)N=C=O.OCC(F)(F)C(F)(F)C(F)(F)OC(F)C(F)(F)OCCOC(F)(F)C(F)OC(F)(F)C(F)(F)C(F)(F)CO.[3H][B]. The van der Waals surface area contributed by atoms with E-state index in [0.717, 1.165) is 26.0 Å². The molecule has 0 saturated heterocycles. The number of nitrogens with zero attached hydrogens (tertiary/aromatic N) is 1. The third-order valence-electron chi connectivity index (χ3n) is 13.4. The van der Waals surface area contributed by atoms with Crippen LogP contribution in [0.25, 0.3) is 0 Å². The number of aliphatic imine (C=N–C) groups is 1. The van der Waals surface area contributed by atoms with Gasteiger partial charge < -0.3 is 72.4 Å². The van der Waals surface area contributed by atoms with E-state index in [0.29, 0.717) is 24.3 Å². The number of carbonyl (C=O) groups excluding carboxylic acids is 9. The third kappa shape index (κ3) is 37.2. The number of aliphatic hydroxyl groups excluding tert-OH is 2. The monoisotopic (exact) mass is 1970 g/mol. The van der Waals surface area contributed by atoms with Gasteiger partial charge in [-0.15, -0.1) is 0 Å². The number of aliphatic hydroxyl groups is 2. The molecule has 0 heterocycles. The zero-order valence-corrected chi connectivity index (χ0v) is 63.9. The van der Waals surface area contributed by atoms with Gasteiger partial charge in [0.2, 0.25) is 6.08 Å². The van der Waals surface area contributed by atoms with E-state index in [1.165, 1.54) is 13.0 Å². The molecule has 0 aromatic rings. The minimum absolute atomic E-state index is 0.225. The average Bonchev–Trinajstić information content (AvgIpc) is 0.773. The van der Waals surface area contributed by atoms with Crippen molar-refractivity contribution in [2.75, 3.05) is 92.5 Å². The Balaban J connectivity index is -0.00000113. The highest BCUT2D eigenvalue weighted by Crippen LogP contribution is 2.53. The molecule has 1 amide bonds. The first-order chi connectivity index (χ1) is 58.0. The number of rotatable bonds is 58. The van der Waals surface area contributed by atoms with Crippen molar-refractivity contribution in [1.82, 2.24) is 5.32 Å². The quantitative estimate of drug-likeness (QED) is 0.00744. The van der Waals surface area contributed by atoms with Crippen molar-refractivity contribution in [2.24, 2.45) is 10.4 Å². The Hall–Kier alpha value is -9.48. The van der Waals surface area contributed by atoms with E-state index >= 15 is 0 Å². The van der Waals surface area contributed by atoms with Gasteiger partial charge >= 0.3 is 144 Å². The lowest BCUT2D eigenvalue weighted by atomic mass is 9.88. The van der Waals surface area contributed by atoms with Gasteiger partial charge in [-0.1, -0.05) is 46.4 Å². The summed E-state index contributed by atoms with van der Waals surface area (Å²) in [5, 5.41) is 17.5. The van der Waals surface area contributed by atoms with E-state index in [9.17, 15) is 201 Å². The maximum atomic E-state index is 14.3. The fourth-order valence-corrected chi connectivity index (χ4v) is 6.54. The minimum Gasteiger partial charge on any atom is -0.462 e. The molecule has 4 unspecified atom stereocenters. The second-order valence-corrected chi connectivity index (χ2v) is 24.4. The molecule has 128 heavy (non-hydrogen) atoms. The summed E-state index contributed by atoms with van der Waals surface area (Å²) in [7, 11) is 3.75. The maximum absolute atomic E-state index is 14.3. The van der Waals surface area contributed by atoms with Gasteiger partial charge in [-0.25, -0.2) is 55.9 Å². The number of hydrogen-bond donors (Lipinski definition) is 3. The van der Waals surface area contributed by atoms with Crippen molar-refractivity contribution < 1.29 is 287 Å². The molecule has 740 valence electrons. The Kier molecular flexibility index (Phi) is 46.9. The van der Waals surface area contributed by atoms with Crippen LogP contribution in [0.2, 0.25) is 0 Å². The predicted octanol–water partition coefficient (Wildman–Crippen LogP) is 11.3. The Morgan fingerprint density at radius 2 is 0.578 bits per heavy atom. The van der Waals surface area contributed by atoms with Crippen molar-refractivity contribution in [1.29, 1.82) is 1.34 Å². The van der Waals surface area contributed by atoms with E-state index in [1.54, 1.807) is 5.32 Å². The van der Waals surface area contributed by atoms with Crippen LogP contribution in [0.15, 0.2) is 80.9 Å². The van der Waals surface area contributed by atoms with E-state index in [-0.39, 0.29) is 13.2 Å². The molecule has 0 saturated carbocycles. The lowest BCUT2D eigenvalue weighted by molar-refractivity contribution is -0.458. The number of hydrogen-bond acceptors (Lipinski definition) is 28. The number of alkyl halides is 36. The summed E-state index contributed by atoms with van der Waals surface area (Å²) in [5.41, 5.74) is -5.26. The predicted molar refractivity (Wildman–Crippen MR) is 338 cm³/mol.